The van der Waals surface area contributed by atoms with Gasteiger partial charge in [-0.3, -0.25) is 19.3 Å². The van der Waals surface area contributed by atoms with Crippen molar-refractivity contribution in [2.75, 3.05) is 32.5 Å². The molecule has 4 aromatic rings. The largest absolute Gasteiger partial charge is 0.325 e. The van der Waals surface area contributed by atoms with Gasteiger partial charge >= 0.3 is 0 Å². The lowest BCUT2D eigenvalue weighted by Gasteiger charge is -2.29. The van der Waals surface area contributed by atoms with E-state index in [1.165, 1.54) is 4.90 Å². The van der Waals surface area contributed by atoms with Crippen molar-refractivity contribution in [1.82, 2.24) is 9.80 Å². The zero-order valence-corrected chi connectivity index (χ0v) is 19.9. The molecule has 1 aliphatic rings. The van der Waals surface area contributed by atoms with Crippen LogP contribution in [0.5, 0.6) is 0 Å². The first-order valence-electron chi connectivity index (χ1n) is 11.8. The number of imide groups is 1. The summed E-state index contributed by atoms with van der Waals surface area (Å²) in [6, 6.07) is 23.0. The Balaban J connectivity index is 1.58. The molecule has 0 atom stereocenters. The standard InChI is InChI=1S/C29H27N3O3/c1-31(2)16-17-32-28(34)22-12-6-10-20-18-21-11-7-13-23(26(21)27(25(20)22)29(32)35)30-24(33)15-14-19-8-4-3-5-9-19/h3-13,18H,14-17H2,1-2H3,(H,30,33). The van der Waals surface area contributed by atoms with E-state index in [9.17, 15) is 14.4 Å². The molecule has 0 fully saturated rings. The van der Waals surface area contributed by atoms with Crippen LogP contribution in [0.3, 0.4) is 0 Å². The van der Waals surface area contributed by atoms with Crippen LogP contribution in [0.15, 0.2) is 72.8 Å². The molecule has 0 saturated heterocycles. The summed E-state index contributed by atoms with van der Waals surface area (Å²) in [5, 5.41) is 6.05. The molecule has 0 aliphatic carbocycles. The number of fused-ring (bicyclic) bond motifs is 2. The molecule has 4 aromatic carbocycles. The molecule has 0 saturated carbocycles. The maximum Gasteiger partial charge on any atom is 0.262 e. The van der Waals surface area contributed by atoms with Crippen LogP contribution in [-0.2, 0) is 11.2 Å². The van der Waals surface area contributed by atoms with Crippen molar-refractivity contribution in [3.63, 3.8) is 0 Å². The fourth-order valence-corrected chi connectivity index (χ4v) is 4.72. The summed E-state index contributed by atoms with van der Waals surface area (Å²) in [6.07, 6.45) is 0.957. The minimum Gasteiger partial charge on any atom is -0.325 e. The van der Waals surface area contributed by atoms with Crippen LogP contribution in [0.25, 0.3) is 21.5 Å². The van der Waals surface area contributed by atoms with E-state index < -0.39 is 0 Å². The highest BCUT2D eigenvalue weighted by molar-refractivity contribution is 6.32. The number of benzene rings is 4. The number of anilines is 1. The second kappa shape index (κ2) is 9.31. The lowest BCUT2D eigenvalue weighted by molar-refractivity contribution is -0.116. The Bertz CT molecular complexity index is 1460. The van der Waals surface area contributed by atoms with Crippen molar-refractivity contribution in [1.29, 1.82) is 0 Å². The lowest BCUT2D eigenvalue weighted by atomic mass is 9.89. The molecule has 176 valence electrons. The molecule has 0 spiro atoms. The van der Waals surface area contributed by atoms with Crippen LogP contribution in [-0.4, -0.2) is 54.7 Å². The maximum absolute atomic E-state index is 13.8. The van der Waals surface area contributed by atoms with Gasteiger partial charge in [0.1, 0.15) is 0 Å². The molecule has 1 heterocycles. The average Bonchev–Trinajstić information content (AvgIpc) is 2.85. The maximum atomic E-state index is 13.8. The summed E-state index contributed by atoms with van der Waals surface area (Å²) in [5.74, 6) is -0.721. The van der Waals surface area contributed by atoms with E-state index in [1.54, 1.807) is 6.07 Å². The molecular weight excluding hydrogens is 438 g/mol. The predicted octanol–water partition coefficient (Wildman–Crippen LogP) is 4.72. The Morgan fingerprint density at radius 3 is 2.31 bits per heavy atom. The highest BCUT2D eigenvalue weighted by atomic mass is 16.2. The quantitative estimate of drug-likeness (QED) is 0.317. The topological polar surface area (TPSA) is 69.7 Å². The number of aryl methyl sites for hydroxylation is 1. The summed E-state index contributed by atoms with van der Waals surface area (Å²) in [6.45, 7) is 0.860. The third kappa shape index (κ3) is 4.29. The summed E-state index contributed by atoms with van der Waals surface area (Å²) in [4.78, 5) is 43.2. The minimum absolute atomic E-state index is 0.120. The van der Waals surface area contributed by atoms with Crippen molar-refractivity contribution >= 4 is 45.0 Å². The van der Waals surface area contributed by atoms with E-state index in [2.05, 4.69) is 5.32 Å². The summed E-state index contributed by atoms with van der Waals surface area (Å²) in [7, 11) is 3.82. The van der Waals surface area contributed by atoms with E-state index in [-0.39, 0.29) is 17.7 Å². The molecule has 1 aliphatic heterocycles. The first-order chi connectivity index (χ1) is 16.9. The third-order valence-corrected chi connectivity index (χ3v) is 6.47. The normalized spacial score (nSPS) is 13.2. The molecule has 6 heteroatoms. The van der Waals surface area contributed by atoms with Gasteiger partial charge < -0.3 is 10.2 Å². The van der Waals surface area contributed by atoms with Crippen LogP contribution in [0.2, 0.25) is 0 Å². The second-order valence-electron chi connectivity index (χ2n) is 9.16. The molecule has 0 unspecified atom stereocenters. The van der Waals surface area contributed by atoms with Gasteiger partial charge in [0.15, 0.2) is 0 Å². The van der Waals surface area contributed by atoms with Gasteiger partial charge in [0.05, 0.1) is 5.56 Å². The number of nitrogens with one attached hydrogen (secondary N) is 1. The predicted molar refractivity (Wildman–Crippen MR) is 139 cm³/mol. The molecule has 6 nitrogen and oxygen atoms in total. The Hall–Kier alpha value is -4.03. The Morgan fingerprint density at radius 2 is 1.57 bits per heavy atom. The van der Waals surface area contributed by atoms with Gasteiger partial charge in [-0.1, -0.05) is 54.6 Å². The molecule has 1 N–H and O–H groups in total. The van der Waals surface area contributed by atoms with Gasteiger partial charge in [0.2, 0.25) is 5.91 Å². The van der Waals surface area contributed by atoms with Gasteiger partial charge in [-0.05, 0) is 55.1 Å². The Labute approximate surface area is 204 Å². The highest BCUT2D eigenvalue weighted by Gasteiger charge is 2.34. The number of hydrogen-bond acceptors (Lipinski definition) is 4. The van der Waals surface area contributed by atoms with Crippen molar-refractivity contribution in [2.45, 2.75) is 12.8 Å². The highest BCUT2D eigenvalue weighted by Crippen LogP contribution is 2.38. The molecule has 35 heavy (non-hydrogen) atoms. The zero-order valence-electron chi connectivity index (χ0n) is 19.9. The molecule has 0 radical (unpaired) electrons. The monoisotopic (exact) mass is 465 g/mol. The summed E-state index contributed by atoms with van der Waals surface area (Å²) >= 11 is 0. The Kier molecular flexibility index (Phi) is 6.05. The number of rotatable bonds is 7. The van der Waals surface area contributed by atoms with Crippen molar-refractivity contribution < 1.29 is 14.4 Å². The number of carbonyl (C=O) groups is 3. The van der Waals surface area contributed by atoms with Crippen molar-refractivity contribution in [3.8, 4) is 0 Å². The van der Waals surface area contributed by atoms with Gasteiger partial charge in [0, 0.05) is 41.5 Å². The van der Waals surface area contributed by atoms with E-state index in [4.69, 9.17) is 0 Å². The number of amides is 3. The van der Waals surface area contributed by atoms with Gasteiger partial charge in [0.25, 0.3) is 11.8 Å². The van der Waals surface area contributed by atoms with E-state index in [0.29, 0.717) is 53.5 Å². The Morgan fingerprint density at radius 1 is 0.857 bits per heavy atom. The summed E-state index contributed by atoms with van der Waals surface area (Å²) in [5.41, 5.74) is 2.67. The number of nitrogens with zero attached hydrogens (tertiary/aromatic N) is 2. The number of hydrogen-bond donors (Lipinski definition) is 1. The molecular formula is C29H27N3O3. The van der Waals surface area contributed by atoms with Gasteiger partial charge in [-0.2, -0.15) is 0 Å². The minimum atomic E-state index is -0.322. The third-order valence-electron chi connectivity index (χ3n) is 6.47. The SMILES string of the molecule is CN(C)CCN1C(=O)c2cccc3cc4cccc(NC(=O)CCc5ccccc5)c4c(c23)C1=O. The van der Waals surface area contributed by atoms with E-state index in [0.717, 1.165) is 16.3 Å². The van der Waals surface area contributed by atoms with Crippen LogP contribution in [0.4, 0.5) is 5.69 Å². The first-order valence-corrected chi connectivity index (χ1v) is 11.8. The van der Waals surface area contributed by atoms with Crippen molar-refractivity contribution in [3.05, 3.63) is 89.5 Å². The first kappa shape index (κ1) is 22.7. The second-order valence-corrected chi connectivity index (χ2v) is 9.16. The number of carbonyl (C=O) groups excluding carboxylic acids is 3. The molecule has 5 rings (SSSR count). The lowest BCUT2D eigenvalue weighted by Crippen LogP contribution is -2.43. The fourth-order valence-electron chi connectivity index (χ4n) is 4.72. The zero-order chi connectivity index (χ0) is 24.5. The fraction of sp³-hybridized carbons (Fsp3) is 0.207. The van der Waals surface area contributed by atoms with Crippen LogP contribution < -0.4 is 5.32 Å². The average molecular weight is 466 g/mol. The molecule has 0 bridgehead atoms. The molecule has 0 aromatic heterocycles. The van der Waals surface area contributed by atoms with Crippen LogP contribution in [0.1, 0.15) is 32.7 Å². The van der Waals surface area contributed by atoms with Crippen LogP contribution >= 0.6 is 0 Å². The van der Waals surface area contributed by atoms with Crippen LogP contribution in [0, 0.1) is 0 Å². The smallest absolute Gasteiger partial charge is 0.262 e. The summed E-state index contributed by atoms with van der Waals surface area (Å²) < 4.78 is 0. The van der Waals surface area contributed by atoms with E-state index in [1.807, 2.05) is 85.7 Å². The van der Waals surface area contributed by atoms with Crippen molar-refractivity contribution in [2.24, 2.45) is 0 Å². The van der Waals surface area contributed by atoms with Gasteiger partial charge in [-0.15, -0.1) is 0 Å². The van der Waals surface area contributed by atoms with E-state index >= 15 is 0 Å². The number of likely N-dealkylation sites (N-methyl/N-ethyl adjacent to an activating group) is 1. The van der Waals surface area contributed by atoms with Gasteiger partial charge in [-0.25, -0.2) is 0 Å². The molecule has 3 amide bonds.